The number of H-pyrrole nitrogens is 1. The van der Waals surface area contributed by atoms with E-state index in [1.54, 1.807) is 19.2 Å². The number of carbonyl (C=O) groups excluding carboxylic acids is 1. The minimum Gasteiger partial charge on any atom is -0.362 e. The van der Waals surface area contributed by atoms with Crippen molar-refractivity contribution in [2.75, 3.05) is 19.0 Å². The summed E-state index contributed by atoms with van der Waals surface area (Å²) in [5.74, 6) is 0.637. The van der Waals surface area contributed by atoms with Crippen LogP contribution >= 0.6 is 0 Å². The van der Waals surface area contributed by atoms with E-state index in [1.165, 1.54) is 4.57 Å². The lowest BCUT2D eigenvalue weighted by Gasteiger charge is -2.16. The van der Waals surface area contributed by atoms with Crippen LogP contribution in [0.15, 0.2) is 34.0 Å². The van der Waals surface area contributed by atoms with Crippen LogP contribution < -0.4 is 21.5 Å². The topological polar surface area (TPSA) is 113 Å². The molecule has 2 N–H and O–H groups in total. The molecule has 0 spiro atoms. The molecule has 0 saturated heterocycles. The molecular formula is C21H24N6O3. The van der Waals surface area contributed by atoms with E-state index in [0.717, 1.165) is 29.9 Å². The number of pyridine rings is 2. The highest BCUT2D eigenvalue weighted by Crippen LogP contribution is 2.39. The van der Waals surface area contributed by atoms with Gasteiger partial charge in [0.2, 0.25) is 0 Å². The second-order valence-electron chi connectivity index (χ2n) is 7.63. The van der Waals surface area contributed by atoms with Gasteiger partial charge in [0.1, 0.15) is 5.82 Å². The first-order valence-electron chi connectivity index (χ1n) is 9.97. The molecule has 1 amide bonds. The predicted molar refractivity (Wildman–Crippen MR) is 114 cm³/mol. The number of aryl methyl sites for hydroxylation is 1. The highest BCUT2D eigenvalue weighted by atomic mass is 16.2. The van der Waals surface area contributed by atoms with E-state index in [2.05, 4.69) is 20.3 Å². The van der Waals surface area contributed by atoms with E-state index in [0.29, 0.717) is 6.54 Å². The van der Waals surface area contributed by atoms with Crippen LogP contribution in [0.25, 0.3) is 11.0 Å². The highest BCUT2D eigenvalue weighted by molar-refractivity contribution is 6.05. The number of amides is 1. The zero-order chi connectivity index (χ0) is 21.4. The Morgan fingerprint density at radius 1 is 1.33 bits per heavy atom. The molecule has 0 bridgehead atoms. The summed E-state index contributed by atoms with van der Waals surface area (Å²) in [5.41, 5.74) is 0.978. The molecule has 0 aliphatic heterocycles. The molecule has 1 aliphatic carbocycles. The normalized spacial score (nSPS) is 13.4. The Morgan fingerprint density at radius 3 is 2.77 bits per heavy atom. The van der Waals surface area contributed by atoms with Crippen molar-refractivity contribution < 1.29 is 4.79 Å². The molecule has 9 nitrogen and oxygen atoms in total. The van der Waals surface area contributed by atoms with E-state index in [-0.39, 0.29) is 35.0 Å². The second-order valence-corrected chi connectivity index (χ2v) is 7.63. The largest absolute Gasteiger partial charge is 0.362 e. The number of fused-ring (bicyclic) bond motifs is 1. The summed E-state index contributed by atoms with van der Waals surface area (Å²) in [6.45, 7) is 2.40. The van der Waals surface area contributed by atoms with Crippen molar-refractivity contribution in [3.05, 3.63) is 62.1 Å². The molecule has 3 aromatic heterocycles. The number of hydrogen-bond donors (Lipinski definition) is 2. The number of hydrogen-bond acceptors (Lipinski definition) is 6. The summed E-state index contributed by atoms with van der Waals surface area (Å²) < 4.78 is 1.39. The lowest BCUT2D eigenvalue weighted by molar-refractivity contribution is 0.0952. The SMILES string of the molecule is CCn1c(=O)[nH]c(=O)c2c(C(=O)NCc3cccnc3N(C)C)cc(C3CC3)nc21. The number of nitrogens with zero attached hydrogens (tertiary/aromatic N) is 4. The summed E-state index contributed by atoms with van der Waals surface area (Å²) in [6, 6.07) is 5.39. The van der Waals surface area contributed by atoms with Crippen LogP contribution in [0, 0.1) is 0 Å². The van der Waals surface area contributed by atoms with Gasteiger partial charge in [0.15, 0.2) is 5.65 Å². The molecular weight excluding hydrogens is 384 g/mol. The molecule has 1 saturated carbocycles. The van der Waals surface area contributed by atoms with E-state index in [9.17, 15) is 14.4 Å². The maximum Gasteiger partial charge on any atom is 0.329 e. The maximum atomic E-state index is 13.1. The molecule has 3 heterocycles. The second kappa shape index (κ2) is 7.74. The quantitative estimate of drug-likeness (QED) is 0.637. The number of rotatable bonds is 6. The Balaban J connectivity index is 1.77. The van der Waals surface area contributed by atoms with Crippen molar-refractivity contribution in [3.63, 3.8) is 0 Å². The van der Waals surface area contributed by atoms with Gasteiger partial charge >= 0.3 is 5.69 Å². The standard InChI is InChI=1S/C21H24N6O3/c1-4-27-18-16(20(29)25-21(27)30)14(10-15(24-18)12-7-8-12)19(28)23-11-13-6-5-9-22-17(13)26(2)3/h5-6,9-10,12H,4,7-8,11H2,1-3H3,(H,23,28)(H,25,29,30). The minimum atomic E-state index is -0.602. The first-order valence-corrected chi connectivity index (χ1v) is 9.97. The van der Waals surface area contributed by atoms with Gasteiger partial charge < -0.3 is 10.2 Å². The van der Waals surface area contributed by atoms with Crippen molar-refractivity contribution in [2.24, 2.45) is 0 Å². The first-order chi connectivity index (χ1) is 14.4. The fourth-order valence-electron chi connectivity index (χ4n) is 3.60. The smallest absolute Gasteiger partial charge is 0.329 e. The molecule has 3 aromatic rings. The molecule has 0 unspecified atom stereocenters. The third-order valence-electron chi connectivity index (χ3n) is 5.26. The maximum absolute atomic E-state index is 13.1. The number of aromatic nitrogens is 4. The van der Waals surface area contributed by atoms with Gasteiger partial charge in [0.05, 0.1) is 10.9 Å². The first kappa shape index (κ1) is 19.8. The van der Waals surface area contributed by atoms with Crippen LogP contribution in [0.4, 0.5) is 5.82 Å². The van der Waals surface area contributed by atoms with Crippen LogP contribution in [0.3, 0.4) is 0 Å². The van der Waals surface area contributed by atoms with Crippen molar-refractivity contribution in [2.45, 2.75) is 38.8 Å². The van der Waals surface area contributed by atoms with Crippen molar-refractivity contribution in [1.29, 1.82) is 0 Å². The Labute approximate surface area is 172 Å². The van der Waals surface area contributed by atoms with E-state index >= 15 is 0 Å². The number of anilines is 1. The Kier molecular flexibility index (Phi) is 5.11. The number of carbonyl (C=O) groups is 1. The summed E-state index contributed by atoms with van der Waals surface area (Å²) in [5, 5.41) is 3.03. The molecule has 0 atom stereocenters. The molecule has 156 valence electrons. The van der Waals surface area contributed by atoms with Crippen molar-refractivity contribution >= 4 is 22.8 Å². The zero-order valence-electron chi connectivity index (χ0n) is 17.2. The lowest BCUT2D eigenvalue weighted by Crippen LogP contribution is -2.33. The van der Waals surface area contributed by atoms with Crippen LogP contribution in [0.2, 0.25) is 0 Å². The van der Waals surface area contributed by atoms with Gasteiger partial charge in [0.25, 0.3) is 11.5 Å². The Bertz CT molecular complexity index is 1240. The van der Waals surface area contributed by atoms with Gasteiger partial charge in [-0.1, -0.05) is 6.07 Å². The zero-order valence-corrected chi connectivity index (χ0v) is 17.2. The van der Waals surface area contributed by atoms with Gasteiger partial charge in [-0.25, -0.2) is 14.8 Å². The van der Waals surface area contributed by atoms with Crippen LogP contribution in [-0.2, 0) is 13.1 Å². The molecule has 1 fully saturated rings. The summed E-state index contributed by atoms with van der Waals surface area (Å²) >= 11 is 0. The van der Waals surface area contributed by atoms with Crippen molar-refractivity contribution in [1.82, 2.24) is 24.8 Å². The Morgan fingerprint density at radius 2 is 2.10 bits per heavy atom. The van der Waals surface area contributed by atoms with E-state index in [1.807, 2.05) is 31.1 Å². The average Bonchev–Trinajstić information content (AvgIpc) is 3.57. The third-order valence-corrected chi connectivity index (χ3v) is 5.26. The van der Waals surface area contributed by atoms with Gasteiger partial charge in [-0.3, -0.25) is 19.1 Å². The number of aromatic amines is 1. The molecule has 9 heteroatoms. The summed E-state index contributed by atoms with van der Waals surface area (Å²) in [6.07, 6.45) is 3.67. The average molecular weight is 408 g/mol. The van der Waals surface area contributed by atoms with Gasteiger partial charge in [-0.05, 0) is 31.9 Å². The molecule has 4 rings (SSSR count). The summed E-state index contributed by atoms with van der Waals surface area (Å²) in [4.78, 5) is 51.1. The molecule has 0 radical (unpaired) electrons. The van der Waals surface area contributed by atoms with Crippen LogP contribution in [-0.4, -0.2) is 39.5 Å². The van der Waals surface area contributed by atoms with E-state index in [4.69, 9.17) is 0 Å². The van der Waals surface area contributed by atoms with Gasteiger partial charge in [-0.2, -0.15) is 0 Å². The monoisotopic (exact) mass is 408 g/mol. The molecule has 0 aromatic carbocycles. The highest BCUT2D eigenvalue weighted by Gasteiger charge is 2.28. The fraction of sp³-hybridized carbons (Fsp3) is 0.381. The molecule has 1 aliphatic rings. The molecule has 30 heavy (non-hydrogen) atoms. The van der Waals surface area contributed by atoms with Gasteiger partial charge in [0, 0.05) is 50.6 Å². The van der Waals surface area contributed by atoms with Crippen LogP contribution in [0.5, 0.6) is 0 Å². The van der Waals surface area contributed by atoms with E-state index < -0.39 is 11.2 Å². The predicted octanol–water partition coefficient (Wildman–Crippen LogP) is 1.37. The van der Waals surface area contributed by atoms with Crippen LogP contribution in [0.1, 0.15) is 47.3 Å². The minimum absolute atomic E-state index is 0.136. The van der Waals surface area contributed by atoms with Gasteiger partial charge in [-0.15, -0.1) is 0 Å². The summed E-state index contributed by atoms with van der Waals surface area (Å²) in [7, 11) is 3.77. The van der Waals surface area contributed by atoms with Crippen molar-refractivity contribution in [3.8, 4) is 0 Å². The third kappa shape index (κ3) is 3.58. The fourth-order valence-corrected chi connectivity index (χ4v) is 3.60. The lowest BCUT2D eigenvalue weighted by atomic mass is 10.1. The Hall–Kier alpha value is -3.49. The number of nitrogens with one attached hydrogen (secondary N) is 2.